The van der Waals surface area contributed by atoms with E-state index in [1.54, 1.807) is 19.0 Å². The second-order valence-corrected chi connectivity index (χ2v) is 3.25. The lowest BCUT2D eigenvalue weighted by molar-refractivity contribution is 1.05. The first-order valence-corrected chi connectivity index (χ1v) is 4.75. The second-order valence-electron chi connectivity index (χ2n) is 3.25. The van der Waals surface area contributed by atoms with Gasteiger partial charge in [-0.05, 0) is 24.3 Å². The molecule has 0 atom stereocenters. The van der Waals surface area contributed by atoms with Gasteiger partial charge in [0.1, 0.15) is 19.0 Å². The lowest BCUT2D eigenvalue weighted by Crippen LogP contribution is -1.89. The van der Waals surface area contributed by atoms with Crippen LogP contribution in [0.15, 0.2) is 43.2 Å². The number of nitrogens with zero attached hydrogens (tertiary/aromatic N) is 5. The van der Waals surface area contributed by atoms with Gasteiger partial charge in [-0.3, -0.25) is 4.57 Å². The van der Waals surface area contributed by atoms with Crippen LogP contribution in [-0.2, 0) is 0 Å². The fourth-order valence-electron chi connectivity index (χ4n) is 1.47. The molecule has 6 nitrogen and oxygen atoms in total. The highest BCUT2D eigenvalue weighted by molar-refractivity contribution is 5.56. The standard InChI is InChI=1S/C10H8N6/c1-3-9(16-6-13-14-7-16)4-2-8(1)10-11-5-12-15-10/h1-7H,(H,11,12,15). The summed E-state index contributed by atoms with van der Waals surface area (Å²) < 4.78 is 1.84. The highest BCUT2D eigenvalue weighted by atomic mass is 15.2. The monoisotopic (exact) mass is 212 g/mol. The molecule has 0 saturated heterocycles. The number of hydrogen-bond acceptors (Lipinski definition) is 4. The number of aromatic nitrogens is 6. The van der Waals surface area contributed by atoms with Crippen molar-refractivity contribution in [1.82, 2.24) is 29.9 Å². The number of hydrogen-bond donors (Lipinski definition) is 1. The third kappa shape index (κ3) is 1.46. The van der Waals surface area contributed by atoms with Crippen molar-refractivity contribution < 1.29 is 0 Å². The van der Waals surface area contributed by atoms with E-state index < -0.39 is 0 Å². The number of aromatic amines is 1. The predicted octanol–water partition coefficient (Wildman–Crippen LogP) is 1.05. The van der Waals surface area contributed by atoms with Gasteiger partial charge in [0.05, 0.1) is 0 Å². The molecule has 0 unspecified atom stereocenters. The molecule has 2 aromatic heterocycles. The van der Waals surface area contributed by atoms with Crippen LogP contribution in [-0.4, -0.2) is 29.9 Å². The highest BCUT2D eigenvalue weighted by Gasteiger charge is 2.01. The molecule has 0 fully saturated rings. The van der Waals surface area contributed by atoms with Gasteiger partial charge in [-0.1, -0.05) is 0 Å². The molecule has 0 aliphatic heterocycles. The zero-order valence-electron chi connectivity index (χ0n) is 8.28. The first-order valence-electron chi connectivity index (χ1n) is 4.75. The Kier molecular flexibility index (Phi) is 1.96. The molecule has 0 bridgehead atoms. The van der Waals surface area contributed by atoms with Crippen molar-refractivity contribution in [3.63, 3.8) is 0 Å². The molecule has 0 amide bonds. The van der Waals surface area contributed by atoms with Gasteiger partial charge in [-0.2, -0.15) is 0 Å². The van der Waals surface area contributed by atoms with E-state index >= 15 is 0 Å². The molecule has 1 N–H and O–H groups in total. The van der Waals surface area contributed by atoms with Crippen LogP contribution in [0.2, 0.25) is 0 Å². The molecule has 1 aromatic carbocycles. The number of rotatable bonds is 2. The Bertz CT molecular complexity index is 499. The van der Waals surface area contributed by atoms with Crippen molar-refractivity contribution in [2.75, 3.05) is 0 Å². The molecule has 3 rings (SSSR count). The molecule has 0 spiro atoms. The maximum absolute atomic E-state index is 3.94. The fourth-order valence-corrected chi connectivity index (χ4v) is 1.47. The van der Waals surface area contributed by atoms with Crippen LogP contribution in [0.1, 0.15) is 0 Å². The van der Waals surface area contributed by atoms with Crippen LogP contribution in [0.4, 0.5) is 0 Å². The summed E-state index contributed by atoms with van der Waals surface area (Å²) in [6.07, 6.45) is 4.87. The third-order valence-corrected chi connectivity index (χ3v) is 2.27. The van der Waals surface area contributed by atoms with Crippen molar-refractivity contribution >= 4 is 0 Å². The molecule has 0 radical (unpaired) electrons. The summed E-state index contributed by atoms with van der Waals surface area (Å²) in [4.78, 5) is 2.95. The zero-order valence-corrected chi connectivity index (χ0v) is 8.28. The predicted molar refractivity (Wildman–Crippen MR) is 56.7 cm³/mol. The molecule has 6 heteroatoms. The van der Waals surface area contributed by atoms with E-state index in [9.17, 15) is 0 Å². The Morgan fingerprint density at radius 2 is 1.69 bits per heavy atom. The average molecular weight is 212 g/mol. The van der Waals surface area contributed by atoms with Crippen molar-refractivity contribution in [2.45, 2.75) is 0 Å². The van der Waals surface area contributed by atoms with Crippen molar-refractivity contribution in [2.24, 2.45) is 0 Å². The summed E-state index contributed by atoms with van der Waals surface area (Å²) in [5, 5.41) is 15.2. The Morgan fingerprint density at radius 1 is 0.938 bits per heavy atom. The highest BCUT2D eigenvalue weighted by Crippen LogP contribution is 2.16. The summed E-state index contributed by atoms with van der Waals surface area (Å²) in [5.41, 5.74) is 2.00. The van der Waals surface area contributed by atoms with Gasteiger partial charge in [0.15, 0.2) is 5.82 Å². The zero-order chi connectivity index (χ0) is 10.8. The summed E-state index contributed by atoms with van der Waals surface area (Å²) in [6.45, 7) is 0. The minimum Gasteiger partial charge on any atom is -0.328 e. The third-order valence-electron chi connectivity index (χ3n) is 2.27. The fraction of sp³-hybridized carbons (Fsp3) is 0. The first-order chi connectivity index (χ1) is 7.93. The molecule has 0 aliphatic carbocycles. The number of nitrogens with one attached hydrogen (secondary N) is 1. The minimum absolute atomic E-state index is 0.760. The van der Waals surface area contributed by atoms with E-state index in [2.05, 4.69) is 25.4 Å². The quantitative estimate of drug-likeness (QED) is 0.689. The molecule has 0 saturated carbocycles. The van der Waals surface area contributed by atoms with Crippen LogP contribution >= 0.6 is 0 Å². The van der Waals surface area contributed by atoms with Gasteiger partial charge < -0.3 is 4.98 Å². The Labute approximate surface area is 91.0 Å². The summed E-state index contributed by atoms with van der Waals surface area (Å²) in [7, 11) is 0. The lowest BCUT2D eigenvalue weighted by Gasteiger charge is -2.01. The van der Waals surface area contributed by atoms with E-state index in [0.29, 0.717) is 0 Å². The normalized spacial score (nSPS) is 10.5. The molecule has 2 heterocycles. The van der Waals surface area contributed by atoms with Gasteiger partial charge in [0, 0.05) is 11.3 Å². The van der Waals surface area contributed by atoms with E-state index in [-0.39, 0.29) is 0 Å². The van der Waals surface area contributed by atoms with E-state index in [0.717, 1.165) is 17.1 Å². The largest absolute Gasteiger partial charge is 0.328 e. The van der Waals surface area contributed by atoms with Gasteiger partial charge >= 0.3 is 0 Å². The average Bonchev–Trinajstić information content (AvgIpc) is 3.03. The van der Waals surface area contributed by atoms with E-state index in [4.69, 9.17) is 0 Å². The molecule has 0 aliphatic rings. The Morgan fingerprint density at radius 3 is 2.31 bits per heavy atom. The topological polar surface area (TPSA) is 72.3 Å². The summed E-state index contributed by atoms with van der Waals surface area (Å²) in [5.74, 6) is 0.760. The summed E-state index contributed by atoms with van der Waals surface area (Å²) in [6, 6.07) is 7.88. The van der Waals surface area contributed by atoms with Crippen LogP contribution in [0.25, 0.3) is 17.1 Å². The van der Waals surface area contributed by atoms with Gasteiger partial charge in [0.25, 0.3) is 0 Å². The first kappa shape index (κ1) is 8.78. The summed E-state index contributed by atoms with van der Waals surface area (Å²) >= 11 is 0. The maximum Gasteiger partial charge on any atom is 0.161 e. The van der Waals surface area contributed by atoms with E-state index in [1.165, 1.54) is 0 Å². The minimum atomic E-state index is 0.760. The van der Waals surface area contributed by atoms with Crippen LogP contribution < -0.4 is 0 Å². The smallest absolute Gasteiger partial charge is 0.161 e. The SMILES string of the molecule is c1nnc(-c2ccc(-n3cnnc3)cc2)[nH]1. The van der Waals surface area contributed by atoms with Gasteiger partial charge in [-0.25, -0.2) is 0 Å². The molecular weight excluding hydrogens is 204 g/mol. The Balaban J connectivity index is 1.97. The lowest BCUT2D eigenvalue weighted by atomic mass is 10.2. The van der Waals surface area contributed by atoms with Gasteiger partial charge in [0.2, 0.25) is 0 Å². The van der Waals surface area contributed by atoms with Gasteiger partial charge in [-0.15, -0.1) is 20.4 Å². The molecular formula is C10H8N6. The van der Waals surface area contributed by atoms with Crippen LogP contribution in [0.3, 0.4) is 0 Å². The number of H-pyrrole nitrogens is 1. The van der Waals surface area contributed by atoms with Crippen LogP contribution in [0, 0.1) is 0 Å². The molecule has 16 heavy (non-hydrogen) atoms. The van der Waals surface area contributed by atoms with Crippen molar-refractivity contribution in [1.29, 1.82) is 0 Å². The van der Waals surface area contributed by atoms with Crippen molar-refractivity contribution in [3.8, 4) is 17.1 Å². The maximum atomic E-state index is 3.94. The molecule has 3 aromatic rings. The second kappa shape index (κ2) is 3.58. The van der Waals surface area contributed by atoms with Crippen molar-refractivity contribution in [3.05, 3.63) is 43.2 Å². The van der Waals surface area contributed by atoms with Crippen LogP contribution in [0.5, 0.6) is 0 Å². The van der Waals surface area contributed by atoms with E-state index in [1.807, 2.05) is 28.8 Å². The number of benzene rings is 1. The Hall–Kier alpha value is -2.50. The molecule has 78 valence electrons.